The van der Waals surface area contributed by atoms with Gasteiger partial charge in [-0.1, -0.05) is 43.3 Å². The lowest BCUT2D eigenvalue weighted by atomic mass is 10.00. The molecule has 2 N–H and O–H groups in total. The van der Waals surface area contributed by atoms with E-state index in [0.29, 0.717) is 5.92 Å². The second-order valence-electron chi connectivity index (χ2n) is 6.22. The third kappa shape index (κ3) is 4.13. The molecule has 0 radical (unpaired) electrons. The fourth-order valence-corrected chi connectivity index (χ4v) is 2.98. The van der Waals surface area contributed by atoms with Gasteiger partial charge in [0.1, 0.15) is 5.75 Å². The van der Waals surface area contributed by atoms with Crippen LogP contribution in [0.1, 0.15) is 18.4 Å². The van der Waals surface area contributed by atoms with E-state index in [9.17, 15) is 0 Å². The number of nitrogens with zero attached hydrogens (tertiary/aromatic N) is 1. The summed E-state index contributed by atoms with van der Waals surface area (Å²) < 4.78 is 5.29. The van der Waals surface area contributed by atoms with Crippen LogP contribution in [0.4, 0.5) is 17.1 Å². The summed E-state index contributed by atoms with van der Waals surface area (Å²) in [5.41, 5.74) is 10.3. The first-order valence-corrected chi connectivity index (χ1v) is 8.49. The number of methoxy groups -OCH3 is 1. The standard InChI is InChI=1S/C22H24N2O/c1-17(18-7-4-3-5-8-18)16-24(21-10-6-9-19(23)15-21)20-11-13-22(25-2)14-12-20/h3-15,17H,16,23H2,1-2H3. The molecule has 3 rings (SSSR count). The van der Waals surface area contributed by atoms with E-state index in [1.165, 1.54) is 5.56 Å². The maximum absolute atomic E-state index is 6.02. The minimum Gasteiger partial charge on any atom is -0.497 e. The maximum atomic E-state index is 6.02. The third-order valence-electron chi connectivity index (χ3n) is 4.39. The Balaban J connectivity index is 1.93. The molecule has 25 heavy (non-hydrogen) atoms. The van der Waals surface area contributed by atoms with Gasteiger partial charge in [0.05, 0.1) is 7.11 Å². The molecule has 0 aliphatic heterocycles. The summed E-state index contributed by atoms with van der Waals surface area (Å²) in [4.78, 5) is 2.30. The van der Waals surface area contributed by atoms with Crippen LogP contribution in [0.25, 0.3) is 0 Å². The number of ether oxygens (including phenoxy) is 1. The Morgan fingerprint density at radius 2 is 1.60 bits per heavy atom. The van der Waals surface area contributed by atoms with Crippen molar-refractivity contribution in [2.75, 3.05) is 24.3 Å². The van der Waals surface area contributed by atoms with Crippen molar-refractivity contribution in [3.8, 4) is 5.75 Å². The molecule has 0 saturated heterocycles. The van der Waals surface area contributed by atoms with Gasteiger partial charge in [0.15, 0.2) is 0 Å². The second kappa shape index (κ2) is 7.75. The van der Waals surface area contributed by atoms with E-state index in [4.69, 9.17) is 10.5 Å². The Morgan fingerprint density at radius 1 is 0.880 bits per heavy atom. The molecule has 0 spiro atoms. The molecular weight excluding hydrogens is 308 g/mol. The first-order valence-electron chi connectivity index (χ1n) is 8.49. The molecule has 0 amide bonds. The van der Waals surface area contributed by atoms with Crippen LogP contribution in [0, 0.1) is 0 Å². The molecule has 0 fully saturated rings. The summed E-state index contributed by atoms with van der Waals surface area (Å²) in [5.74, 6) is 1.23. The summed E-state index contributed by atoms with van der Waals surface area (Å²) in [6.07, 6.45) is 0. The number of hydrogen-bond donors (Lipinski definition) is 1. The largest absolute Gasteiger partial charge is 0.497 e. The minimum atomic E-state index is 0.379. The summed E-state index contributed by atoms with van der Waals surface area (Å²) in [6.45, 7) is 3.11. The van der Waals surface area contributed by atoms with Crippen LogP contribution in [0.5, 0.6) is 5.75 Å². The van der Waals surface area contributed by atoms with Gasteiger partial charge in [0.25, 0.3) is 0 Å². The highest BCUT2D eigenvalue weighted by Gasteiger charge is 2.15. The van der Waals surface area contributed by atoms with Crippen molar-refractivity contribution in [1.82, 2.24) is 0 Å². The predicted molar refractivity (Wildman–Crippen MR) is 106 cm³/mol. The predicted octanol–water partition coefficient (Wildman–Crippen LogP) is 5.22. The van der Waals surface area contributed by atoms with Gasteiger partial charge < -0.3 is 15.4 Å². The average molecular weight is 332 g/mol. The topological polar surface area (TPSA) is 38.5 Å². The molecule has 1 atom stereocenters. The highest BCUT2D eigenvalue weighted by atomic mass is 16.5. The van der Waals surface area contributed by atoms with Crippen molar-refractivity contribution in [2.45, 2.75) is 12.8 Å². The Labute approximate surface area is 149 Å². The molecule has 0 heterocycles. The smallest absolute Gasteiger partial charge is 0.119 e. The zero-order chi connectivity index (χ0) is 17.6. The fourth-order valence-electron chi connectivity index (χ4n) is 2.98. The fraction of sp³-hybridized carbons (Fsp3) is 0.182. The van der Waals surface area contributed by atoms with Crippen molar-refractivity contribution >= 4 is 17.1 Å². The van der Waals surface area contributed by atoms with Crippen LogP contribution in [0.15, 0.2) is 78.9 Å². The van der Waals surface area contributed by atoms with Crippen LogP contribution in [-0.4, -0.2) is 13.7 Å². The summed E-state index contributed by atoms with van der Waals surface area (Å²) >= 11 is 0. The van der Waals surface area contributed by atoms with Gasteiger partial charge >= 0.3 is 0 Å². The quantitative estimate of drug-likeness (QED) is 0.629. The number of nitrogens with two attached hydrogens (primary N) is 1. The third-order valence-corrected chi connectivity index (χ3v) is 4.39. The second-order valence-corrected chi connectivity index (χ2v) is 6.22. The number of nitrogen functional groups attached to an aromatic ring is 1. The van der Waals surface area contributed by atoms with Gasteiger partial charge in [0.2, 0.25) is 0 Å². The van der Waals surface area contributed by atoms with E-state index in [-0.39, 0.29) is 0 Å². The van der Waals surface area contributed by atoms with Gasteiger partial charge in [-0.2, -0.15) is 0 Å². The maximum Gasteiger partial charge on any atom is 0.119 e. The first-order chi connectivity index (χ1) is 12.2. The Morgan fingerprint density at radius 3 is 2.24 bits per heavy atom. The van der Waals surface area contributed by atoms with E-state index in [2.05, 4.69) is 60.4 Å². The van der Waals surface area contributed by atoms with Crippen molar-refractivity contribution in [3.05, 3.63) is 84.4 Å². The summed E-state index contributed by atoms with van der Waals surface area (Å²) in [5, 5.41) is 0. The van der Waals surface area contributed by atoms with Crippen molar-refractivity contribution in [2.24, 2.45) is 0 Å². The molecule has 0 bridgehead atoms. The number of anilines is 3. The van der Waals surface area contributed by atoms with Crippen molar-refractivity contribution < 1.29 is 4.74 Å². The lowest BCUT2D eigenvalue weighted by Gasteiger charge is -2.29. The van der Waals surface area contributed by atoms with E-state index < -0.39 is 0 Å². The van der Waals surface area contributed by atoms with Crippen molar-refractivity contribution in [3.63, 3.8) is 0 Å². The number of benzene rings is 3. The molecule has 0 aliphatic rings. The first kappa shape index (κ1) is 16.9. The van der Waals surface area contributed by atoms with Crippen LogP contribution in [-0.2, 0) is 0 Å². The van der Waals surface area contributed by atoms with E-state index in [1.807, 2.05) is 30.3 Å². The lowest BCUT2D eigenvalue weighted by molar-refractivity contribution is 0.415. The number of hydrogen-bond acceptors (Lipinski definition) is 3. The molecule has 128 valence electrons. The molecule has 0 aliphatic carbocycles. The van der Waals surface area contributed by atoms with Gasteiger partial charge in [0, 0.05) is 23.6 Å². The summed E-state index contributed by atoms with van der Waals surface area (Å²) in [7, 11) is 1.68. The Bertz CT molecular complexity index is 800. The summed E-state index contributed by atoms with van der Waals surface area (Å²) in [6, 6.07) is 26.7. The van der Waals surface area contributed by atoms with Crippen LogP contribution < -0.4 is 15.4 Å². The molecule has 1 unspecified atom stereocenters. The Hall–Kier alpha value is -2.94. The molecular formula is C22H24N2O. The number of rotatable bonds is 6. The van der Waals surface area contributed by atoms with Crippen LogP contribution in [0.3, 0.4) is 0 Å². The SMILES string of the molecule is COc1ccc(N(CC(C)c2ccccc2)c2cccc(N)c2)cc1. The van der Waals surface area contributed by atoms with E-state index >= 15 is 0 Å². The van der Waals surface area contributed by atoms with Crippen molar-refractivity contribution in [1.29, 1.82) is 0 Å². The highest BCUT2D eigenvalue weighted by Crippen LogP contribution is 2.31. The molecule has 3 aromatic rings. The Kier molecular flexibility index (Phi) is 5.24. The molecule has 0 saturated carbocycles. The van der Waals surface area contributed by atoms with Gasteiger partial charge in [-0.15, -0.1) is 0 Å². The minimum absolute atomic E-state index is 0.379. The van der Waals surface area contributed by atoms with Crippen LogP contribution in [0.2, 0.25) is 0 Å². The molecule has 3 nitrogen and oxygen atoms in total. The molecule has 0 aromatic heterocycles. The zero-order valence-electron chi connectivity index (χ0n) is 14.7. The molecule has 3 heteroatoms. The lowest BCUT2D eigenvalue weighted by Crippen LogP contribution is -2.22. The van der Waals surface area contributed by atoms with Crippen LogP contribution >= 0.6 is 0 Å². The highest BCUT2D eigenvalue weighted by molar-refractivity contribution is 5.67. The zero-order valence-corrected chi connectivity index (χ0v) is 14.7. The average Bonchev–Trinajstić information content (AvgIpc) is 2.67. The normalized spacial score (nSPS) is 11.8. The van der Waals surface area contributed by atoms with Gasteiger partial charge in [-0.05, 0) is 53.9 Å². The molecule has 3 aromatic carbocycles. The van der Waals surface area contributed by atoms with Gasteiger partial charge in [-0.25, -0.2) is 0 Å². The van der Waals surface area contributed by atoms with Gasteiger partial charge in [-0.3, -0.25) is 0 Å². The van der Waals surface area contributed by atoms with E-state index in [0.717, 1.165) is 29.4 Å². The van der Waals surface area contributed by atoms with E-state index in [1.54, 1.807) is 7.11 Å². The monoisotopic (exact) mass is 332 g/mol.